The first kappa shape index (κ1) is 12.3. The minimum Gasteiger partial charge on any atom is -0.389 e. The van der Waals surface area contributed by atoms with Crippen molar-refractivity contribution in [2.45, 2.75) is 45.9 Å². The number of aromatic nitrogens is 1. The molecule has 0 amide bonds. The van der Waals surface area contributed by atoms with E-state index in [-0.39, 0.29) is 0 Å². The van der Waals surface area contributed by atoms with Crippen LogP contribution in [0.25, 0.3) is 0 Å². The van der Waals surface area contributed by atoms with E-state index < -0.39 is 5.60 Å². The summed E-state index contributed by atoms with van der Waals surface area (Å²) in [4.78, 5) is 0. The second-order valence-electron chi connectivity index (χ2n) is 4.30. The van der Waals surface area contributed by atoms with E-state index in [1.54, 1.807) is 0 Å². The number of nitrogens with one attached hydrogen (secondary N) is 1. The Kier molecular flexibility index (Phi) is 4.36. The summed E-state index contributed by atoms with van der Waals surface area (Å²) in [6.45, 7) is 8.45. The molecule has 0 aromatic carbocycles. The van der Waals surface area contributed by atoms with Crippen molar-refractivity contribution >= 4 is 0 Å². The van der Waals surface area contributed by atoms with E-state index in [0.717, 1.165) is 19.5 Å². The number of aryl methyl sites for hydroxylation is 1. The molecular formula is C12H22N2O. The number of nitrogens with zero attached hydrogens (tertiary/aromatic N) is 1. The van der Waals surface area contributed by atoms with Crippen molar-refractivity contribution in [1.29, 1.82) is 0 Å². The highest BCUT2D eigenvalue weighted by Crippen LogP contribution is 2.07. The second-order valence-corrected chi connectivity index (χ2v) is 4.30. The second kappa shape index (κ2) is 5.33. The fourth-order valence-electron chi connectivity index (χ4n) is 1.39. The van der Waals surface area contributed by atoms with E-state index in [1.807, 2.05) is 13.8 Å². The van der Waals surface area contributed by atoms with E-state index in [1.165, 1.54) is 5.56 Å². The molecule has 0 fully saturated rings. The molecule has 15 heavy (non-hydrogen) atoms. The van der Waals surface area contributed by atoms with Crippen LogP contribution in [0.2, 0.25) is 0 Å². The Labute approximate surface area is 92.1 Å². The van der Waals surface area contributed by atoms with Gasteiger partial charge in [-0.15, -0.1) is 0 Å². The normalized spacial score (nSPS) is 15.2. The van der Waals surface area contributed by atoms with Gasteiger partial charge in [-0.05, 0) is 31.9 Å². The molecule has 0 aliphatic carbocycles. The van der Waals surface area contributed by atoms with Crippen LogP contribution >= 0.6 is 0 Å². The molecule has 1 aromatic rings. The highest BCUT2D eigenvalue weighted by molar-refractivity contribution is 5.09. The zero-order valence-electron chi connectivity index (χ0n) is 9.95. The smallest absolute Gasteiger partial charge is 0.0741 e. The van der Waals surface area contributed by atoms with E-state index >= 15 is 0 Å². The number of aliphatic hydroxyl groups is 1. The van der Waals surface area contributed by atoms with Crippen LogP contribution in [-0.4, -0.2) is 21.8 Å². The van der Waals surface area contributed by atoms with Gasteiger partial charge in [0.15, 0.2) is 0 Å². The van der Waals surface area contributed by atoms with Crippen molar-refractivity contribution in [2.24, 2.45) is 0 Å². The van der Waals surface area contributed by atoms with E-state index in [9.17, 15) is 5.11 Å². The summed E-state index contributed by atoms with van der Waals surface area (Å²) >= 11 is 0. The third-order valence-corrected chi connectivity index (χ3v) is 2.77. The Balaban J connectivity index is 2.31. The molecule has 1 heterocycles. The van der Waals surface area contributed by atoms with Gasteiger partial charge in [-0.25, -0.2) is 0 Å². The fourth-order valence-corrected chi connectivity index (χ4v) is 1.39. The Morgan fingerprint density at radius 2 is 2.20 bits per heavy atom. The average Bonchev–Trinajstić information content (AvgIpc) is 2.66. The van der Waals surface area contributed by atoms with Crippen LogP contribution in [0.15, 0.2) is 18.5 Å². The topological polar surface area (TPSA) is 37.2 Å². The lowest BCUT2D eigenvalue weighted by Crippen LogP contribution is -2.36. The standard InChI is InChI=1S/C12H22N2O/c1-4-12(3,15)10-13-8-11-6-7-14(5-2)9-11/h6-7,9,13,15H,4-5,8,10H2,1-3H3. The Bertz CT molecular complexity index is 292. The van der Waals surface area contributed by atoms with E-state index in [2.05, 4.69) is 35.3 Å². The lowest BCUT2D eigenvalue weighted by molar-refractivity contribution is 0.0555. The molecule has 0 aliphatic heterocycles. The summed E-state index contributed by atoms with van der Waals surface area (Å²) in [7, 11) is 0. The third-order valence-electron chi connectivity index (χ3n) is 2.77. The van der Waals surface area contributed by atoms with Crippen molar-refractivity contribution in [3.63, 3.8) is 0 Å². The van der Waals surface area contributed by atoms with Gasteiger partial charge in [-0.1, -0.05) is 6.92 Å². The zero-order chi connectivity index (χ0) is 11.3. The van der Waals surface area contributed by atoms with Crippen molar-refractivity contribution in [3.05, 3.63) is 24.0 Å². The lowest BCUT2D eigenvalue weighted by atomic mass is 10.0. The van der Waals surface area contributed by atoms with Crippen LogP contribution in [0.4, 0.5) is 0 Å². The van der Waals surface area contributed by atoms with Crippen molar-refractivity contribution in [3.8, 4) is 0 Å². The summed E-state index contributed by atoms with van der Waals surface area (Å²) in [5.41, 5.74) is 0.677. The molecule has 1 atom stereocenters. The van der Waals surface area contributed by atoms with E-state index in [0.29, 0.717) is 6.54 Å². The molecule has 1 unspecified atom stereocenters. The van der Waals surface area contributed by atoms with Crippen molar-refractivity contribution < 1.29 is 5.11 Å². The molecule has 1 aromatic heterocycles. The molecule has 0 aliphatic rings. The molecule has 0 bridgehead atoms. The SMILES string of the molecule is CCn1ccc(CNCC(C)(O)CC)c1. The predicted molar refractivity (Wildman–Crippen MR) is 62.7 cm³/mol. The molecular weight excluding hydrogens is 188 g/mol. The van der Waals surface area contributed by atoms with Crippen LogP contribution < -0.4 is 5.32 Å². The van der Waals surface area contributed by atoms with E-state index in [4.69, 9.17) is 0 Å². The quantitative estimate of drug-likeness (QED) is 0.750. The maximum atomic E-state index is 9.78. The first-order valence-corrected chi connectivity index (χ1v) is 5.65. The summed E-state index contributed by atoms with van der Waals surface area (Å²) in [6.07, 6.45) is 4.98. The maximum Gasteiger partial charge on any atom is 0.0741 e. The minimum absolute atomic E-state index is 0.590. The van der Waals surface area contributed by atoms with Gasteiger partial charge < -0.3 is 15.0 Å². The summed E-state index contributed by atoms with van der Waals surface area (Å²) in [5, 5.41) is 13.1. The van der Waals surface area contributed by atoms with Gasteiger partial charge in [0, 0.05) is 32.0 Å². The minimum atomic E-state index is -0.590. The predicted octanol–water partition coefficient (Wildman–Crippen LogP) is 1.76. The molecule has 3 heteroatoms. The van der Waals surface area contributed by atoms with Crippen LogP contribution in [-0.2, 0) is 13.1 Å². The summed E-state index contributed by atoms with van der Waals surface area (Å²) in [6, 6.07) is 2.11. The Hall–Kier alpha value is -0.800. The first-order valence-electron chi connectivity index (χ1n) is 5.65. The van der Waals surface area contributed by atoms with Gasteiger partial charge in [0.1, 0.15) is 0 Å². The number of hydrogen-bond acceptors (Lipinski definition) is 2. The third kappa shape index (κ3) is 4.06. The van der Waals surface area contributed by atoms with Gasteiger partial charge in [-0.3, -0.25) is 0 Å². The largest absolute Gasteiger partial charge is 0.389 e. The van der Waals surface area contributed by atoms with Crippen LogP contribution in [0.3, 0.4) is 0 Å². The van der Waals surface area contributed by atoms with Gasteiger partial charge in [-0.2, -0.15) is 0 Å². The van der Waals surface area contributed by atoms with Crippen molar-refractivity contribution in [1.82, 2.24) is 9.88 Å². The molecule has 3 nitrogen and oxygen atoms in total. The molecule has 1 rings (SSSR count). The summed E-state index contributed by atoms with van der Waals surface area (Å²) < 4.78 is 2.15. The number of hydrogen-bond donors (Lipinski definition) is 2. The van der Waals surface area contributed by atoms with Crippen molar-refractivity contribution in [2.75, 3.05) is 6.54 Å². The maximum absolute atomic E-state index is 9.78. The molecule has 0 saturated heterocycles. The van der Waals surface area contributed by atoms with Crippen LogP contribution in [0, 0.1) is 0 Å². The monoisotopic (exact) mass is 210 g/mol. The highest BCUT2D eigenvalue weighted by atomic mass is 16.3. The highest BCUT2D eigenvalue weighted by Gasteiger charge is 2.16. The van der Waals surface area contributed by atoms with Crippen LogP contribution in [0.5, 0.6) is 0 Å². The molecule has 2 N–H and O–H groups in total. The Morgan fingerprint density at radius 3 is 2.73 bits per heavy atom. The number of rotatable bonds is 6. The van der Waals surface area contributed by atoms with Crippen LogP contribution in [0.1, 0.15) is 32.8 Å². The zero-order valence-corrected chi connectivity index (χ0v) is 9.95. The molecule has 86 valence electrons. The summed E-state index contributed by atoms with van der Waals surface area (Å²) in [5.74, 6) is 0. The fraction of sp³-hybridized carbons (Fsp3) is 0.667. The lowest BCUT2D eigenvalue weighted by Gasteiger charge is -2.21. The average molecular weight is 210 g/mol. The van der Waals surface area contributed by atoms with Gasteiger partial charge in [0.2, 0.25) is 0 Å². The molecule has 0 saturated carbocycles. The van der Waals surface area contributed by atoms with Gasteiger partial charge >= 0.3 is 0 Å². The Morgan fingerprint density at radius 1 is 1.47 bits per heavy atom. The first-order chi connectivity index (χ1) is 7.07. The van der Waals surface area contributed by atoms with Gasteiger partial charge in [0.05, 0.1) is 5.60 Å². The molecule has 0 radical (unpaired) electrons. The van der Waals surface area contributed by atoms with Gasteiger partial charge in [0.25, 0.3) is 0 Å². The molecule has 0 spiro atoms.